The number of nitrogen functional groups attached to an aromatic ring is 1. The van der Waals surface area contributed by atoms with Crippen molar-refractivity contribution >= 4 is 18.3 Å². The lowest BCUT2D eigenvalue weighted by Crippen LogP contribution is -1.99. The lowest BCUT2D eigenvalue weighted by atomic mass is 9.87. The van der Waals surface area contributed by atoms with E-state index in [4.69, 9.17) is 10.5 Å². The first kappa shape index (κ1) is 21.9. The first-order valence-corrected chi connectivity index (χ1v) is 9.33. The summed E-state index contributed by atoms with van der Waals surface area (Å²) >= 11 is 0. The van der Waals surface area contributed by atoms with Crippen LogP contribution < -0.4 is 10.5 Å². The van der Waals surface area contributed by atoms with Crippen LogP contribution in [0.2, 0.25) is 0 Å². The van der Waals surface area contributed by atoms with Crippen molar-refractivity contribution in [2.45, 2.75) is 27.7 Å². The molecule has 0 bridgehead atoms. The molecule has 0 saturated carbocycles. The van der Waals surface area contributed by atoms with Gasteiger partial charge in [0.15, 0.2) is 12.6 Å². The summed E-state index contributed by atoms with van der Waals surface area (Å²) < 4.78 is 4.92. The van der Waals surface area contributed by atoms with Gasteiger partial charge in [-0.3, -0.25) is 9.59 Å². The Kier molecular flexibility index (Phi) is 7.32. The Morgan fingerprint density at radius 1 is 0.759 bits per heavy atom. The zero-order chi connectivity index (χ0) is 21.6. The van der Waals surface area contributed by atoms with E-state index in [9.17, 15) is 9.59 Å². The maximum atomic E-state index is 11.4. The third-order valence-electron chi connectivity index (χ3n) is 4.62. The number of nitrogens with two attached hydrogens (primary N) is 1. The molecule has 0 aliphatic heterocycles. The topological polar surface area (TPSA) is 69.4 Å². The van der Waals surface area contributed by atoms with Gasteiger partial charge in [0.25, 0.3) is 0 Å². The molecule has 0 saturated heterocycles. The zero-order valence-corrected chi connectivity index (χ0v) is 17.6. The molecule has 0 fully saturated rings. The summed E-state index contributed by atoms with van der Waals surface area (Å²) in [7, 11) is 1.62. The number of hydrogen-bond acceptors (Lipinski definition) is 4. The maximum Gasteiger partial charge on any atom is 0.150 e. The Morgan fingerprint density at radius 2 is 1.24 bits per heavy atom. The average Bonchev–Trinajstić information content (AvgIpc) is 2.68. The summed E-state index contributed by atoms with van der Waals surface area (Å²) in [5, 5.41) is 0. The van der Waals surface area contributed by atoms with Crippen molar-refractivity contribution in [1.82, 2.24) is 0 Å². The molecule has 4 nitrogen and oxygen atoms in total. The van der Waals surface area contributed by atoms with Crippen molar-refractivity contribution < 1.29 is 14.3 Å². The van der Waals surface area contributed by atoms with E-state index < -0.39 is 0 Å². The highest BCUT2D eigenvalue weighted by Crippen LogP contribution is 2.33. The molecule has 2 N–H and O–H groups in total. The van der Waals surface area contributed by atoms with E-state index in [0.29, 0.717) is 11.1 Å². The van der Waals surface area contributed by atoms with Crippen LogP contribution in [0.1, 0.15) is 43.0 Å². The Hall–Kier alpha value is -3.40. The summed E-state index contributed by atoms with van der Waals surface area (Å²) in [5.74, 6) is 0.801. The fourth-order valence-corrected chi connectivity index (χ4v) is 3.51. The highest BCUT2D eigenvalue weighted by atomic mass is 16.5. The number of hydrogen-bond donors (Lipinski definition) is 1. The van der Waals surface area contributed by atoms with Crippen molar-refractivity contribution in [2.24, 2.45) is 0 Å². The van der Waals surface area contributed by atoms with E-state index in [1.807, 2.05) is 70.2 Å². The monoisotopic (exact) mass is 389 g/mol. The van der Waals surface area contributed by atoms with Crippen molar-refractivity contribution in [3.05, 3.63) is 81.9 Å². The van der Waals surface area contributed by atoms with Crippen molar-refractivity contribution in [1.29, 1.82) is 0 Å². The third-order valence-corrected chi connectivity index (χ3v) is 4.62. The van der Waals surface area contributed by atoms with Crippen LogP contribution in [0.25, 0.3) is 11.1 Å². The number of aldehydes is 2. The Balaban J connectivity index is 0.000000278. The van der Waals surface area contributed by atoms with Gasteiger partial charge in [-0.15, -0.1) is 0 Å². The molecule has 0 radical (unpaired) electrons. The van der Waals surface area contributed by atoms with E-state index in [2.05, 4.69) is 0 Å². The largest absolute Gasteiger partial charge is 0.497 e. The number of carbonyl (C=O) groups is 2. The fraction of sp³-hybridized carbons (Fsp3) is 0.200. The van der Waals surface area contributed by atoms with Crippen LogP contribution >= 0.6 is 0 Å². The molecule has 0 aliphatic rings. The molecule has 3 rings (SSSR count). The number of methoxy groups -OCH3 is 1. The van der Waals surface area contributed by atoms with Crippen LogP contribution in [0.4, 0.5) is 5.69 Å². The SMILES string of the molecule is COc1cccc(N)c1.Cc1cc(C)c(-c2c(C)cc(C)cc2C=O)c(C=O)c1. The van der Waals surface area contributed by atoms with Crippen molar-refractivity contribution in [3.8, 4) is 16.9 Å². The number of carbonyl (C=O) groups excluding carboxylic acids is 2. The van der Waals surface area contributed by atoms with Crippen LogP contribution in [0.3, 0.4) is 0 Å². The zero-order valence-electron chi connectivity index (χ0n) is 17.6. The standard InChI is InChI=1S/C18H18O2.C7H9NO/c1-11-5-13(3)17(15(7-11)9-19)18-14(4)6-12(2)8-16(18)10-20;1-9-7-4-2-3-6(8)5-7/h5-10H,1-4H3;2-5H,8H2,1H3. The van der Waals surface area contributed by atoms with E-state index in [-0.39, 0.29) is 0 Å². The molecule has 0 aliphatic carbocycles. The smallest absolute Gasteiger partial charge is 0.150 e. The van der Waals surface area contributed by atoms with E-state index in [0.717, 1.165) is 57.4 Å². The fourth-order valence-electron chi connectivity index (χ4n) is 3.51. The van der Waals surface area contributed by atoms with Gasteiger partial charge in [-0.25, -0.2) is 0 Å². The van der Waals surface area contributed by atoms with Crippen molar-refractivity contribution in [2.75, 3.05) is 12.8 Å². The highest BCUT2D eigenvalue weighted by Gasteiger charge is 2.15. The van der Waals surface area contributed by atoms with Crippen LogP contribution in [-0.2, 0) is 0 Å². The Bertz CT molecular complexity index is 977. The van der Waals surface area contributed by atoms with Gasteiger partial charge < -0.3 is 10.5 Å². The van der Waals surface area contributed by atoms with Gasteiger partial charge in [-0.1, -0.05) is 29.3 Å². The summed E-state index contributed by atoms with van der Waals surface area (Å²) in [4.78, 5) is 22.8. The average molecular weight is 389 g/mol. The number of anilines is 1. The van der Waals surface area contributed by atoms with Crippen molar-refractivity contribution in [3.63, 3.8) is 0 Å². The highest BCUT2D eigenvalue weighted by molar-refractivity contribution is 5.97. The van der Waals surface area contributed by atoms with E-state index in [1.54, 1.807) is 13.2 Å². The lowest BCUT2D eigenvalue weighted by molar-refractivity contribution is 0.111. The summed E-state index contributed by atoms with van der Waals surface area (Å²) in [6, 6.07) is 15.1. The summed E-state index contributed by atoms with van der Waals surface area (Å²) in [6.45, 7) is 7.88. The first-order valence-electron chi connectivity index (χ1n) is 9.33. The molecule has 29 heavy (non-hydrogen) atoms. The predicted molar refractivity (Wildman–Crippen MR) is 119 cm³/mol. The first-order chi connectivity index (χ1) is 13.8. The van der Waals surface area contributed by atoms with Gasteiger partial charge in [0.2, 0.25) is 0 Å². The molecule has 0 unspecified atom stereocenters. The third kappa shape index (κ3) is 5.32. The van der Waals surface area contributed by atoms with Gasteiger partial charge in [-0.2, -0.15) is 0 Å². The predicted octanol–water partition coefficient (Wildman–Crippen LogP) is 5.49. The molecule has 0 atom stereocenters. The molecular weight excluding hydrogens is 362 g/mol. The Morgan fingerprint density at radius 3 is 1.59 bits per heavy atom. The number of ether oxygens (including phenoxy) is 1. The summed E-state index contributed by atoms with van der Waals surface area (Å²) in [5.41, 5.74) is 13.3. The lowest BCUT2D eigenvalue weighted by Gasteiger charge is -2.16. The number of rotatable bonds is 4. The van der Waals surface area contributed by atoms with Crippen LogP contribution in [0.15, 0.2) is 48.5 Å². The molecule has 4 heteroatoms. The molecule has 0 spiro atoms. The minimum atomic E-state index is 0.637. The van der Waals surface area contributed by atoms with Crippen LogP contribution in [0.5, 0.6) is 5.75 Å². The molecular formula is C25H27NO3. The van der Waals surface area contributed by atoms with Gasteiger partial charge in [0, 0.05) is 22.9 Å². The van der Waals surface area contributed by atoms with Crippen LogP contribution in [0, 0.1) is 27.7 Å². The van der Waals surface area contributed by atoms with E-state index >= 15 is 0 Å². The second-order valence-corrected chi connectivity index (χ2v) is 7.10. The summed E-state index contributed by atoms with van der Waals surface area (Å²) in [6.07, 6.45) is 1.73. The molecule has 3 aromatic carbocycles. The number of aryl methyl sites for hydroxylation is 4. The second kappa shape index (κ2) is 9.69. The maximum absolute atomic E-state index is 11.4. The molecule has 0 amide bonds. The van der Waals surface area contributed by atoms with E-state index in [1.165, 1.54) is 0 Å². The molecule has 0 heterocycles. The minimum absolute atomic E-state index is 0.637. The van der Waals surface area contributed by atoms with Gasteiger partial charge in [0.1, 0.15) is 5.75 Å². The van der Waals surface area contributed by atoms with Gasteiger partial charge in [-0.05, 0) is 74.2 Å². The Labute approximate surface area is 172 Å². The molecule has 3 aromatic rings. The molecule has 150 valence electrons. The van der Waals surface area contributed by atoms with Crippen LogP contribution in [-0.4, -0.2) is 19.7 Å². The van der Waals surface area contributed by atoms with Gasteiger partial charge >= 0.3 is 0 Å². The quantitative estimate of drug-likeness (QED) is 0.473. The number of benzene rings is 3. The normalized spacial score (nSPS) is 9.97. The minimum Gasteiger partial charge on any atom is -0.497 e. The molecule has 0 aromatic heterocycles. The second-order valence-electron chi connectivity index (χ2n) is 7.10. The van der Waals surface area contributed by atoms with Gasteiger partial charge in [0.05, 0.1) is 7.11 Å².